The van der Waals surface area contributed by atoms with E-state index in [1.165, 1.54) is 0 Å². The first-order valence-corrected chi connectivity index (χ1v) is 6.28. The van der Waals surface area contributed by atoms with Gasteiger partial charge >= 0.3 is 5.97 Å². The number of methoxy groups -OCH3 is 1. The van der Waals surface area contributed by atoms with Gasteiger partial charge in [0.15, 0.2) is 0 Å². The van der Waals surface area contributed by atoms with Gasteiger partial charge < -0.3 is 15.2 Å². The Morgan fingerprint density at radius 1 is 1.59 bits per heavy atom. The lowest BCUT2D eigenvalue weighted by Crippen LogP contribution is -2.71. The number of nitrogens with zero attached hydrogens (tertiary/aromatic N) is 1. The Morgan fingerprint density at radius 2 is 2.29 bits per heavy atom. The molecule has 5 nitrogen and oxygen atoms in total. The zero-order valence-electron chi connectivity index (χ0n) is 10.6. The molecule has 0 aromatic heterocycles. The van der Waals surface area contributed by atoms with Gasteiger partial charge in [0, 0.05) is 26.7 Å². The van der Waals surface area contributed by atoms with E-state index < -0.39 is 5.97 Å². The lowest BCUT2D eigenvalue weighted by molar-refractivity contribution is -0.144. The number of carboxylic acids is 1. The zero-order chi connectivity index (χ0) is 12.5. The van der Waals surface area contributed by atoms with Gasteiger partial charge in [-0.05, 0) is 18.9 Å². The fourth-order valence-electron chi connectivity index (χ4n) is 2.93. The maximum atomic E-state index is 11.0. The minimum atomic E-state index is -0.709. The van der Waals surface area contributed by atoms with Gasteiger partial charge in [0.2, 0.25) is 0 Å². The predicted molar refractivity (Wildman–Crippen MR) is 64.0 cm³/mol. The van der Waals surface area contributed by atoms with Crippen molar-refractivity contribution >= 4 is 5.97 Å². The van der Waals surface area contributed by atoms with Gasteiger partial charge in [-0.25, -0.2) is 0 Å². The number of piperidine rings is 1. The van der Waals surface area contributed by atoms with Crippen LogP contribution in [-0.4, -0.2) is 60.9 Å². The summed E-state index contributed by atoms with van der Waals surface area (Å²) in [7, 11) is 1.74. The summed E-state index contributed by atoms with van der Waals surface area (Å²) in [5.41, 5.74) is -0.178. The maximum absolute atomic E-state index is 11.0. The number of ether oxygens (including phenoxy) is 1. The van der Waals surface area contributed by atoms with Crippen LogP contribution in [0.15, 0.2) is 0 Å². The van der Waals surface area contributed by atoms with Gasteiger partial charge in [0.25, 0.3) is 0 Å². The van der Waals surface area contributed by atoms with Crippen LogP contribution in [0.1, 0.15) is 19.8 Å². The van der Waals surface area contributed by atoms with E-state index in [1.807, 2.05) is 0 Å². The van der Waals surface area contributed by atoms with Gasteiger partial charge in [-0.1, -0.05) is 6.92 Å². The highest BCUT2D eigenvalue weighted by Crippen LogP contribution is 2.30. The highest BCUT2D eigenvalue weighted by molar-refractivity contribution is 5.68. The highest BCUT2D eigenvalue weighted by atomic mass is 16.5. The molecule has 0 aliphatic carbocycles. The molecule has 2 fully saturated rings. The van der Waals surface area contributed by atoms with Crippen molar-refractivity contribution in [3.63, 3.8) is 0 Å². The second-order valence-electron chi connectivity index (χ2n) is 5.38. The van der Waals surface area contributed by atoms with Crippen LogP contribution in [0.5, 0.6) is 0 Å². The Kier molecular flexibility index (Phi) is 3.70. The number of carboxylic acid groups (broad SMARTS) is 1. The molecule has 2 aliphatic rings. The summed E-state index contributed by atoms with van der Waals surface area (Å²) in [6.07, 6.45) is 1.54. The van der Waals surface area contributed by atoms with Crippen LogP contribution in [0.25, 0.3) is 0 Å². The van der Waals surface area contributed by atoms with Crippen LogP contribution in [0.3, 0.4) is 0 Å². The van der Waals surface area contributed by atoms with Crippen molar-refractivity contribution in [2.75, 3.05) is 33.3 Å². The summed E-state index contributed by atoms with van der Waals surface area (Å²) >= 11 is 0. The molecule has 2 aliphatic heterocycles. The number of rotatable bonds is 4. The second kappa shape index (κ2) is 4.92. The quantitative estimate of drug-likeness (QED) is 0.735. The molecule has 0 radical (unpaired) electrons. The SMILES string of the molecule is COC1CN(C2(CC(=O)O)CNC2)CCC1C. The van der Waals surface area contributed by atoms with E-state index in [0.29, 0.717) is 5.92 Å². The van der Waals surface area contributed by atoms with E-state index in [1.54, 1.807) is 7.11 Å². The summed E-state index contributed by atoms with van der Waals surface area (Å²) in [5.74, 6) is -0.148. The summed E-state index contributed by atoms with van der Waals surface area (Å²) in [5, 5.41) is 12.2. The molecule has 0 aromatic carbocycles. The number of likely N-dealkylation sites (tertiary alicyclic amines) is 1. The smallest absolute Gasteiger partial charge is 0.305 e. The molecule has 5 heteroatoms. The van der Waals surface area contributed by atoms with E-state index in [9.17, 15) is 4.79 Å². The Balaban J connectivity index is 2.03. The largest absolute Gasteiger partial charge is 0.481 e. The van der Waals surface area contributed by atoms with Gasteiger partial charge in [0.05, 0.1) is 18.1 Å². The monoisotopic (exact) mass is 242 g/mol. The molecule has 2 rings (SSSR count). The normalized spacial score (nSPS) is 33.1. The van der Waals surface area contributed by atoms with Crippen molar-refractivity contribution in [2.45, 2.75) is 31.4 Å². The van der Waals surface area contributed by atoms with Crippen LogP contribution in [0.2, 0.25) is 0 Å². The predicted octanol–water partition coefficient (Wildman–Crippen LogP) is 0.160. The standard InChI is InChI=1S/C12H22N2O3/c1-9-3-4-14(6-10(9)17-2)12(5-11(15)16)7-13-8-12/h9-10,13H,3-8H2,1-2H3,(H,15,16). The van der Waals surface area contributed by atoms with Crippen LogP contribution in [-0.2, 0) is 9.53 Å². The first kappa shape index (κ1) is 12.8. The van der Waals surface area contributed by atoms with Gasteiger partial charge in [0.1, 0.15) is 0 Å². The first-order valence-electron chi connectivity index (χ1n) is 6.28. The average Bonchev–Trinajstić information content (AvgIpc) is 2.24. The molecule has 2 heterocycles. The zero-order valence-corrected chi connectivity index (χ0v) is 10.6. The Labute approximate surface area is 102 Å². The summed E-state index contributed by atoms with van der Waals surface area (Å²) in [4.78, 5) is 13.3. The number of hydrogen-bond acceptors (Lipinski definition) is 4. The van der Waals surface area contributed by atoms with Crippen LogP contribution in [0, 0.1) is 5.92 Å². The average molecular weight is 242 g/mol. The summed E-state index contributed by atoms with van der Waals surface area (Å²) < 4.78 is 5.49. The Morgan fingerprint density at radius 3 is 2.76 bits per heavy atom. The third-order valence-corrected chi connectivity index (χ3v) is 4.25. The topological polar surface area (TPSA) is 61.8 Å². The molecule has 2 unspecified atom stereocenters. The molecule has 0 spiro atoms. The minimum Gasteiger partial charge on any atom is -0.481 e. The van der Waals surface area contributed by atoms with Crippen LogP contribution >= 0.6 is 0 Å². The van der Waals surface area contributed by atoms with E-state index in [0.717, 1.165) is 32.6 Å². The minimum absolute atomic E-state index is 0.178. The first-order chi connectivity index (χ1) is 8.07. The molecule has 2 saturated heterocycles. The van der Waals surface area contributed by atoms with E-state index in [-0.39, 0.29) is 18.1 Å². The van der Waals surface area contributed by atoms with Crippen molar-refractivity contribution in [1.29, 1.82) is 0 Å². The fraction of sp³-hybridized carbons (Fsp3) is 0.917. The van der Waals surface area contributed by atoms with Crippen molar-refractivity contribution in [3.8, 4) is 0 Å². The Bertz CT molecular complexity index is 291. The van der Waals surface area contributed by atoms with Gasteiger partial charge in [-0.15, -0.1) is 0 Å². The Hall–Kier alpha value is -0.650. The summed E-state index contributed by atoms with van der Waals surface area (Å²) in [6, 6.07) is 0. The lowest BCUT2D eigenvalue weighted by Gasteiger charge is -2.53. The molecular weight excluding hydrogens is 220 g/mol. The van der Waals surface area contributed by atoms with Gasteiger partial charge in [-0.2, -0.15) is 0 Å². The molecule has 0 aromatic rings. The van der Waals surface area contributed by atoms with Crippen LogP contribution < -0.4 is 5.32 Å². The molecule has 0 bridgehead atoms. The van der Waals surface area contributed by atoms with E-state index in [2.05, 4.69) is 17.1 Å². The molecular formula is C12H22N2O3. The number of carbonyl (C=O) groups is 1. The third-order valence-electron chi connectivity index (χ3n) is 4.25. The van der Waals surface area contributed by atoms with Crippen LogP contribution in [0.4, 0.5) is 0 Å². The highest BCUT2D eigenvalue weighted by Gasteiger charge is 2.46. The number of nitrogens with one attached hydrogen (secondary N) is 1. The maximum Gasteiger partial charge on any atom is 0.305 e. The van der Waals surface area contributed by atoms with E-state index >= 15 is 0 Å². The van der Waals surface area contributed by atoms with Crippen molar-refractivity contribution in [2.24, 2.45) is 5.92 Å². The third kappa shape index (κ3) is 2.46. The van der Waals surface area contributed by atoms with Gasteiger partial charge in [-0.3, -0.25) is 9.69 Å². The fourth-order valence-corrected chi connectivity index (χ4v) is 2.93. The molecule has 0 saturated carbocycles. The molecule has 2 atom stereocenters. The van der Waals surface area contributed by atoms with Crippen molar-refractivity contribution in [1.82, 2.24) is 10.2 Å². The summed E-state index contributed by atoms with van der Waals surface area (Å²) in [6.45, 7) is 5.60. The number of hydrogen-bond donors (Lipinski definition) is 2. The molecule has 2 N–H and O–H groups in total. The van der Waals surface area contributed by atoms with E-state index in [4.69, 9.17) is 9.84 Å². The molecule has 98 valence electrons. The molecule has 17 heavy (non-hydrogen) atoms. The lowest BCUT2D eigenvalue weighted by atomic mass is 9.83. The second-order valence-corrected chi connectivity index (χ2v) is 5.38. The molecule has 0 amide bonds. The van der Waals surface area contributed by atoms with Crippen molar-refractivity contribution < 1.29 is 14.6 Å². The van der Waals surface area contributed by atoms with Crippen molar-refractivity contribution in [3.05, 3.63) is 0 Å². The number of aliphatic carboxylic acids is 1.